The van der Waals surface area contributed by atoms with Gasteiger partial charge in [0.05, 0.1) is 28.9 Å². The topological polar surface area (TPSA) is 43.8 Å². The molecule has 4 heteroatoms. The van der Waals surface area contributed by atoms with E-state index in [9.17, 15) is 0 Å². The minimum atomic E-state index is -0.0660. The van der Waals surface area contributed by atoms with Crippen molar-refractivity contribution in [2.75, 3.05) is 0 Å². The summed E-state index contributed by atoms with van der Waals surface area (Å²) in [4.78, 5) is 4.09. The van der Waals surface area contributed by atoms with E-state index in [-0.39, 0.29) is 6.04 Å². The van der Waals surface area contributed by atoms with Crippen LogP contribution in [0.5, 0.6) is 0 Å². The maximum Gasteiger partial charge on any atom is 0.0995 e. The van der Waals surface area contributed by atoms with E-state index in [1.54, 1.807) is 12.5 Å². The van der Waals surface area contributed by atoms with Crippen LogP contribution in [0.1, 0.15) is 18.7 Å². The highest BCUT2D eigenvalue weighted by atomic mass is 35.5. The second-order valence-electron chi connectivity index (χ2n) is 3.43. The number of para-hydroxylation sites is 1. The van der Waals surface area contributed by atoms with Crippen molar-refractivity contribution < 1.29 is 0 Å². The first-order chi connectivity index (χ1) is 7.20. The first kappa shape index (κ1) is 10.2. The molecular formula is C11H12ClN3. The summed E-state index contributed by atoms with van der Waals surface area (Å²) in [5.41, 5.74) is 7.70. The van der Waals surface area contributed by atoms with Gasteiger partial charge >= 0.3 is 0 Å². The second kappa shape index (κ2) is 4.04. The van der Waals surface area contributed by atoms with E-state index < -0.39 is 0 Å². The molecule has 2 N–H and O–H groups in total. The molecule has 0 saturated carbocycles. The maximum atomic E-state index is 6.10. The summed E-state index contributed by atoms with van der Waals surface area (Å²) in [6.07, 6.45) is 3.48. The van der Waals surface area contributed by atoms with Crippen molar-refractivity contribution in [1.82, 2.24) is 9.55 Å². The maximum absolute atomic E-state index is 6.10. The molecule has 0 aliphatic heterocycles. The Morgan fingerprint density at radius 1 is 1.40 bits per heavy atom. The molecule has 1 aromatic heterocycles. The average Bonchev–Trinajstić information content (AvgIpc) is 2.67. The molecule has 0 saturated heterocycles. The molecule has 1 aromatic carbocycles. The van der Waals surface area contributed by atoms with E-state index in [2.05, 4.69) is 4.98 Å². The number of benzene rings is 1. The monoisotopic (exact) mass is 221 g/mol. The number of imidazole rings is 1. The van der Waals surface area contributed by atoms with Gasteiger partial charge in [-0.25, -0.2) is 4.98 Å². The Balaban J connectivity index is 2.55. The third-order valence-electron chi connectivity index (χ3n) is 2.25. The number of rotatable bonds is 2. The lowest BCUT2D eigenvalue weighted by atomic mass is 10.2. The van der Waals surface area contributed by atoms with Crippen LogP contribution in [0.2, 0.25) is 5.02 Å². The second-order valence-corrected chi connectivity index (χ2v) is 3.84. The number of nitrogens with zero attached hydrogens (tertiary/aromatic N) is 2. The minimum absolute atomic E-state index is 0.0660. The van der Waals surface area contributed by atoms with Gasteiger partial charge in [0, 0.05) is 6.04 Å². The summed E-state index contributed by atoms with van der Waals surface area (Å²) in [7, 11) is 0. The van der Waals surface area contributed by atoms with Crippen LogP contribution < -0.4 is 5.73 Å². The Kier molecular flexibility index (Phi) is 2.75. The Hall–Kier alpha value is -1.32. The molecule has 0 spiro atoms. The highest BCUT2D eigenvalue weighted by Crippen LogP contribution is 2.22. The van der Waals surface area contributed by atoms with Crippen LogP contribution in [0.15, 0.2) is 36.8 Å². The molecule has 0 amide bonds. The van der Waals surface area contributed by atoms with Gasteiger partial charge in [0.2, 0.25) is 0 Å². The van der Waals surface area contributed by atoms with Gasteiger partial charge in [-0.05, 0) is 19.1 Å². The predicted octanol–water partition coefficient (Wildman–Crippen LogP) is 2.55. The molecule has 2 aromatic rings. The molecule has 1 unspecified atom stereocenters. The molecule has 0 aliphatic carbocycles. The fraction of sp³-hybridized carbons (Fsp3) is 0.182. The van der Waals surface area contributed by atoms with E-state index in [0.717, 1.165) is 11.4 Å². The molecule has 2 rings (SSSR count). The van der Waals surface area contributed by atoms with Gasteiger partial charge in [0.15, 0.2) is 0 Å². The molecule has 0 radical (unpaired) electrons. The lowest BCUT2D eigenvalue weighted by molar-refractivity contribution is 0.752. The smallest absolute Gasteiger partial charge is 0.0995 e. The van der Waals surface area contributed by atoms with Gasteiger partial charge in [-0.2, -0.15) is 0 Å². The van der Waals surface area contributed by atoms with Crippen molar-refractivity contribution in [3.8, 4) is 5.69 Å². The van der Waals surface area contributed by atoms with Crippen molar-refractivity contribution in [1.29, 1.82) is 0 Å². The zero-order valence-electron chi connectivity index (χ0n) is 8.39. The van der Waals surface area contributed by atoms with Crippen LogP contribution >= 0.6 is 11.6 Å². The van der Waals surface area contributed by atoms with E-state index in [4.69, 9.17) is 17.3 Å². The third kappa shape index (κ3) is 1.89. The van der Waals surface area contributed by atoms with E-state index in [1.165, 1.54) is 0 Å². The van der Waals surface area contributed by atoms with E-state index in [1.807, 2.05) is 35.8 Å². The first-order valence-corrected chi connectivity index (χ1v) is 5.10. The van der Waals surface area contributed by atoms with Gasteiger partial charge in [-0.15, -0.1) is 0 Å². The molecule has 1 atom stereocenters. The van der Waals surface area contributed by atoms with Crippen molar-refractivity contribution in [2.45, 2.75) is 13.0 Å². The summed E-state index contributed by atoms with van der Waals surface area (Å²) in [5, 5.41) is 0.692. The third-order valence-corrected chi connectivity index (χ3v) is 2.57. The van der Waals surface area contributed by atoms with Crippen LogP contribution in [0.3, 0.4) is 0 Å². The lowest BCUT2D eigenvalue weighted by Gasteiger charge is -2.11. The summed E-state index contributed by atoms with van der Waals surface area (Å²) in [5.74, 6) is 0. The Morgan fingerprint density at radius 2 is 2.13 bits per heavy atom. The number of nitrogens with two attached hydrogens (primary N) is 1. The van der Waals surface area contributed by atoms with Gasteiger partial charge in [-0.1, -0.05) is 23.7 Å². The Morgan fingerprint density at radius 3 is 2.80 bits per heavy atom. The molecule has 1 heterocycles. The number of halogens is 1. The fourth-order valence-corrected chi connectivity index (χ4v) is 1.72. The first-order valence-electron chi connectivity index (χ1n) is 4.73. The minimum Gasteiger partial charge on any atom is -0.323 e. The van der Waals surface area contributed by atoms with Crippen LogP contribution in [0.25, 0.3) is 5.69 Å². The van der Waals surface area contributed by atoms with Crippen LogP contribution in [0.4, 0.5) is 0 Å². The molecule has 78 valence electrons. The largest absolute Gasteiger partial charge is 0.323 e. The van der Waals surface area contributed by atoms with Crippen LogP contribution in [-0.4, -0.2) is 9.55 Å². The van der Waals surface area contributed by atoms with Gasteiger partial charge < -0.3 is 10.3 Å². The fourth-order valence-electron chi connectivity index (χ4n) is 1.49. The van der Waals surface area contributed by atoms with Crippen LogP contribution in [-0.2, 0) is 0 Å². The molecule has 15 heavy (non-hydrogen) atoms. The average molecular weight is 222 g/mol. The Labute approximate surface area is 93.5 Å². The lowest BCUT2D eigenvalue weighted by Crippen LogP contribution is -2.10. The molecule has 0 aliphatic rings. The predicted molar refractivity (Wildman–Crippen MR) is 61.2 cm³/mol. The number of aromatic nitrogens is 2. The SMILES string of the molecule is CC(N)c1cncn1-c1ccccc1Cl. The number of hydrogen-bond donors (Lipinski definition) is 1. The van der Waals surface area contributed by atoms with Crippen molar-refractivity contribution in [3.05, 3.63) is 47.5 Å². The van der Waals surface area contributed by atoms with E-state index >= 15 is 0 Å². The van der Waals surface area contributed by atoms with Crippen LogP contribution in [0, 0.1) is 0 Å². The molecular weight excluding hydrogens is 210 g/mol. The molecule has 0 bridgehead atoms. The summed E-state index contributed by atoms with van der Waals surface area (Å²) < 4.78 is 1.91. The zero-order chi connectivity index (χ0) is 10.8. The highest BCUT2D eigenvalue weighted by molar-refractivity contribution is 6.32. The van der Waals surface area contributed by atoms with Gasteiger partial charge in [-0.3, -0.25) is 0 Å². The van der Waals surface area contributed by atoms with Gasteiger partial charge in [0.25, 0.3) is 0 Å². The van der Waals surface area contributed by atoms with Crippen molar-refractivity contribution in [2.24, 2.45) is 5.73 Å². The number of hydrogen-bond acceptors (Lipinski definition) is 2. The van der Waals surface area contributed by atoms with Gasteiger partial charge in [0.1, 0.15) is 0 Å². The quantitative estimate of drug-likeness (QED) is 0.847. The standard InChI is InChI=1S/C11H12ClN3/c1-8(13)11-6-14-7-15(11)10-5-3-2-4-9(10)12/h2-8H,13H2,1H3. The summed E-state index contributed by atoms with van der Waals surface area (Å²) in [6, 6.07) is 7.56. The summed E-state index contributed by atoms with van der Waals surface area (Å²) in [6.45, 7) is 1.92. The van der Waals surface area contributed by atoms with Crippen molar-refractivity contribution in [3.63, 3.8) is 0 Å². The zero-order valence-corrected chi connectivity index (χ0v) is 9.15. The molecule has 0 fully saturated rings. The van der Waals surface area contributed by atoms with Crippen molar-refractivity contribution >= 4 is 11.6 Å². The summed E-state index contributed by atoms with van der Waals surface area (Å²) >= 11 is 6.10. The molecule has 3 nitrogen and oxygen atoms in total. The highest BCUT2D eigenvalue weighted by Gasteiger charge is 2.09. The Bertz CT molecular complexity index is 462. The van der Waals surface area contributed by atoms with E-state index in [0.29, 0.717) is 5.02 Å². The normalized spacial score (nSPS) is 12.7.